The molecule has 1 fully saturated rings. The smallest absolute Gasteiger partial charge is 0.292 e. The van der Waals surface area contributed by atoms with E-state index in [0.717, 1.165) is 10.9 Å². The molecular weight excluding hydrogens is 380 g/mol. The number of nitro benzene ring substituents is 1. The Morgan fingerprint density at radius 2 is 1.82 bits per heavy atom. The first-order chi connectivity index (χ1) is 13.5. The summed E-state index contributed by atoms with van der Waals surface area (Å²) in [6.07, 6.45) is 1.89. The number of fused-ring (bicyclic) bond motifs is 1. The van der Waals surface area contributed by atoms with E-state index in [-0.39, 0.29) is 23.1 Å². The molecule has 1 aliphatic rings. The van der Waals surface area contributed by atoms with Crippen LogP contribution in [0, 0.1) is 10.1 Å². The average Bonchev–Trinajstić information content (AvgIpc) is 3.10. The van der Waals surface area contributed by atoms with E-state index < -0.39 is 0 Å². The average molecular weight is 399 g/mol. The van der Waals surface area contributed by atoms with Crippen LogP contribution >= 0.6 is 11.6 Å². The lowest BCUT2D eigenvalue weighted by Crippen LogP contribution is -2.49. The van der Waals surface area contributed by atoms with Gasteiger partial charge >= 0.3 is 0 Å². The number of benzene rings is 2. The van der Waals surface area contributed by atoms with Crippen molar-refractivity contribution in [2.24, 2.45) is 0 Å². The van der Waals surface area contributed by atoms with Crippen LogP contribution in [0.1, 0.15) is 0 Å². The van der Waals surface area contributed by atoms with Crippen LogP contribution in [0.15, 0.2) is 54.7 Å². The third-order valence-corrected chi connectivity index (χ3v) is 5.33. The third kappa shape index (κ3) is 3.53. The summed E-state index contributed by atoms with van der Waals surface area (Å²) < 4.78 is 1.90. The lowest BCUT2D eigenvalue weighted by atomic mass is 10.2. The molecular formula is C20H19ClN4O3. The summed E-state index contributed by atoms with van der Waals surface area (Å²) in [5.74, 6) is 0.0275. The first-order valence-electron chi connectivity index (χ1n) is 9.03. The second-order valence-electron chi connectivity index (χ2n) is 6.76. The molecule has 1 amide bonds. The molecule has 7 nitrogen and oxygen atoms in total. The molecule has 0 bridgehead atoms. The van der Waals surface area contributed by atoms with Crippen LogP contribution in [0.4, 0.5) is 11.4 Å². The summed E-state index contributed by atoms with van der Waals surface area (Å²) in [6.45, 7) is 2.44. The fraction of sp³-hybridized carbons (Fsp3) is 0.250. The van der Waals surface area contributed by atoms with E-state index in [0.29, 0.717) is 36.9 Å². The highest BCUT2D eigenvalue weighted by atomic mass is 35.5. The Bertz CT molecular complexity index is 1040. The van der Waals surface area contributed by atoms with Crippen molar-refractivity contribution in [3.05, 3.63) is 69.9 Å². The molecule has 0 N–H and O–H groups in total. The second kappa shape index (κ2) is 7.52. The number of aromatic nitrogens is 1. The fourth-order valence-corrected chi connectivity index (χ4v) is 3.79. The lowest BCUT2D eigenvalue weighted by Gasteiger charge is -2.35. The maximum absolute atomic E-state index is 12.8. The van der Waals surface area contributed by atoms with Crippen LogP contribution in [0.2, 0.25) is 5.02 Å². The number of piperazine rings is 1. The van der Waals surface area contributed by atoms with E-state index in [2.05, 4.69) is 0 Å². The van der Waals surface area contributed by atoms with Gasteiger partial charge < -0.3 is 14.4 Å². The van der Waals surface area contributed by atoms with Gasteiger partial charge in [-0.15, -0.1) is 0 Å². The largest absolute Gasteiger partial charge is 0.362 e. The maximum Gasteiger partial charge on any atom is 0.292 e. The number of hydrogen-bond donors (Lipinski definition) is 0. The summed E-state index contributed by atoms with van der Waals surface area (Å²) in [5, 5.41) is 12.9. The van der Waals surface area contributed by atoms with Crippen LogP contribution in [0.5, 0.6) is 0 Å². The zero-order valence-electron chi connectivity index (χ0n) is 15.1. The summed E-state index contributed by atoms with van der Waals surface area (Å²) in [4.78, 5) is 27.4. The van der Waals surface area contributed by atoms with Crippen LogP contribution in [0.3, 0.4) is 0 Å². The van der Waals surface area contributed by atoms with Gasteiger partial charge in [0.15, 0.2) is 0 Å². The Morgan fingerprint density at radius 1 is 1.07 bits per heavy atom. The number of hydrogen-bond acceptors (Lipinski definition) is 4. The Hall–Kier alpha value is -3.06. The van der Waals surface area contributed by atoms with E-state index in [1.54, 1.807) is 18.2 Å². The highest BCUT2D eigenvalue weighted by Crippen LogP contribution is 2.28. The van der Waals surface area contributed by atoms with Crippen molar-refractivity contribution in [3.63, 3.8) is 0 Å². The van der Waals surface area contributed by atoms with Gasteiger partial charge in [-0.1, -0.05) is 29.8 Å². The molecule has 0 aliphatic carbocycles. The third-order valence-electron chi connectivity index (χ3n) is 5.09. The minimum absolute atomic E-state index is 0.0275. The van der Waals surface area contributed by atoms with E-state index >= 15 is 0 Å². The molecule has 0 radical (unpaired) electrons. The number of anilines is 1. The maximum atomic E-state index is 12.8. The summed E-state index contributed by atoms with van der Waals surface area (Å²) in [7, 11) is 0. The van der Waals surface area contributed by atoms with Crippen molar-refractivity contribution in [3.8, 4) is 0 Å². The van der Waals surface area contributed by atoms with Crippen molar-refractivity contribution >= 4 is 39.8 Å². The van der Waals surface area contributed by atoms with Gasteiger partial charge in [0.1, 0.15) is 12.2 Å². The summed E-state index contributed by atoms with van der Waals surface area (Å²) in [6, 6.07) is 14.3. The summed E-state index contributed by atoms with van der Waals surface area (Å²) >= 11 is 6.08. The number of carbonyl (C=O) groups excluding carboxylic acids is 1. The van der Waals surface area contributed by atoms with Crippen molar-refractivity contribution in [1.82, 2.24) is 9.47 Å². The highest BCUT2D eigenvalue weighted by Gasteiger charge is 2.25. The molecule has 1 saturated heterocycles. The number of carbonyl (C=O) groups is 1. The molecule has 2 heterocycles. The Kier molecular flexibility index (Phi) is 4.92. The zero-order chi connectivity index (χ0) is 19.7. The normalized spacial score (nSPS) is 14.5. The Morgan fingerprint density at radius 3 is 2.57 bits per heavy atom. The number of nitro groups is 1. The van der Waals surface area contributed by atoms with E-state index in [1.165, 1.54) is 6.07 Å². The number of rotatable bonds is 4. The molecule has 1 aromatic heterocycles. The van der Waals surface area contributed by atoms with Gasteiger partial charge in [0.2, 0.25) is 5.91 Å². The topological polar surface area (TPSA) is 71.6 Å². The molecule has 144 valence electrons. The van der Waals surface area contributed by atoms with Crippen molar-refractivity contribution in [1.29, 1.82) is 0 Å². The molecule has 3 aromatic rings. The monoisotopic (exact) mass is 398 g/mol. The quantitative estimate of drug-likeness (QED) is 0.497. The first kappa shape index (κ1) is 18.3. The minimum Gasteiger partial charge on any atom is -0.362 e. The lowest BCUT2D eigenvalue weighted by molar-refractivity contribution is -0.384. The molecule has 4 rings (SSSR count). The van der Waals surface area contributed by atoms with Gasteiger partial charge in [-0.2, -0.15) is 0 Å². The Balaban J connectivity index is 1.43. The van der Waals surface area contributed by atoms with E-state index in [4.69, 9.17) is 11.6 Å². The van der Waals surface area contributed by atoms with Crippen molar-refractivity contribution < 1.29 is 9.72 Å². The standard InChI is InChI=1S/C20H19ClN4O3/c21-16-6-5-15-7-8-24(19(15)13-16)14-20(26)23-11-9-22(10-12-23)17-3-1-2-4-18(17)25(27)28/h1-8,13H,9-12,14H2. The predicted octanol–water partition coefficient (Wildman–Crippen LogP) is 3.55. The fourth-order valence-electron chi connectivity index (χ4n) is 3.62. The molecule has 1 aliphatic heterocycles. The van der Waals surface area contributed by atoms with Crippen LogP contribution in [-0.4, -0.2) is 46.5 Å². The van der Waals surface area contributed by atoms with Crippen LogP contribution in [0.25, 0.3) is 10.9 Å². The molecule has 0 unspecified atom stereocenters. The van der Waals surface area contributed by atoms with Crippen molar-refractivity contribution in [2.75, 3.05) is 31.1 Å². The number of para-hydroxylation sites is 2. The van der Waals surface area contributed by atoms with Gasteiger partial charge in [0.05, 0.1) is 4.92 Å². The second-order valence-corrected chi connectivity index (χ2v) is 7.20. The molecule has 2 aromatic carbocycles. The molecule has 0 saturated carbocycles. The molecule has 28 heavy (non-hydrogen) atoms. The molecule has 8 heteroatoms. The van der Waals surface area contributed by atoms with Gasteiger partial charge in [-0.25, -0.2) is 0 Å². The van der Waals surface area contributed by atoms with E-state index in [1.807, 2.05) is 44.8 Å². The Labute approximate surface area is 166 Å². The number of nitrogens with zero attached hydrogens (tertiary/aromatic N) is 4. The van der Waals surface area contributed by atoms with Crippen LogP contribution in [-0.2, 0) is 11.3 Å². The summed E-state index contributed by atoms with van der Waals surface area (Å²) in [5.41, 5.74) is 1.63. The zero-order valence-corrected chi connectivity index (χ0v) is 15.9. The van der Waals surface area contributed by atoms with Crippen LogP contribution < -0.4 is 4.90 Å². The van der Waals surface area contributed by atoms with Gasteiger partial charge in [-0.05, 0) is 29.7 Å². The number of amides is 1. The van der Waals surface area contributed by atoms with Gasteiger partial charge in [0.25, 0.3) is 5.69 Å². The SMILES string of the molecule is O=C(Cn1ccc2ccc(Cl)cc21)N1CCN(c2ccccc2[N+](=O)[O-])CC1. The van der Waals surface area contributed by atoms with E-state index in [9.17, 15) is 14.9 Å². The van der Waals surface area contributed by atoms with Gasteiger partial charge in [-0.3, -0.25) is 14.9 Å². The number of halogens is 1. The van der Waals surface area contributed by atoms with Crippen molar-refractivity contribution in [2.45, 2.75) is 6.54 Å². The predicted molar refractivity (Wildman–Crippen MR) is 109 cm³/mol. The first-order valence-corrected chi connectivity index (χ1v) is 9.41. The molecule has 0 atom stereocenters. The molecule has 0 spiro atoms. The van der Waals surface area contributed by atoms with Gasteiger partial charge in [0, 0.05) is 49.0 Å². The minimum atomic E-state index is -0.366. The highest BCUT2D eigenvalue weighted by molar-refractivity contribution is 6.31.